The minimum absolute atomic E-state index is 0.841. The molecule has 53 heavy (non-hydrogen) atoms. The minimum atomic E-state index is 0.841. The molecule has 4 aromatic rings. The van der Waals surface area contributed by atoms with Crippen molar-refractivity contribution in [2.24, 2.45) is 0 Å². The van der Waals surface area contributed by atoms with Gasteiger partial charge in [0.2, 0.25) is 0 Å². The third-order valence-electron chi connectivity index (χ3n) is 11.3. The van der Waals surface area contributed by atoms with E-state index in [1.54, 1.807) is 22.3 Å². The Morgan fingerprint density at radius 2 is 0.585 bits per heavy atom. The average Bonchev–Trinajstić information content (AvgIpc) is 3.16. The number of unbranched alkanes of at least 4 members (excludes halogenated alkanes) is 16. The van der Waals surface area contributed by atoms with Crippen molar-refractivity contribution in [1.29, 1.82) is 0 Å². The van der Waals surface area contributed by atoms with Gasteiger partial charge in [-0.25, -0.2) is 0 Å². The Balaban J connectivity index is 1.03. The molecule has 288 valence electrons. The molecule has 0 unspecified atom stereocenters. The van der Waals surface area contributed by atoms with Crippen molar-refractivity contribution >= 4 is 11.4 Å². The van der Waals surface area contributed by atoms with E-state index in [4.69, 9.17) is 11.5 Å². The Morgan fingerprint density at radius 1 is 0.302 bits per heavy atom. The summed E-state index contributed by atoms with van der Waals surface area (Å²) < 4.78 is 0. The first-order valence-electron chi connectivity index (χ1n) is 21.9. The maximum Gasteiger partial charge on any atom is 0.0314 e. The van der Waals surface area contributed by atoms with Crippen molar-refractivity contribution in [2.75, 3.05) is 11.5 Å². The van der Waals surface area contributed by atoms with Crippen LogP contribution in [0.25, 0.3) is 0 Å². The van der Waals surface area contributed by atoms with Crippen LogP contribution in [0.3, 0.4) is 0 Å². The highest BCUT2D eigenvalue weighted by atomic mass is 14.5. The van der Waals surface area contributed by atoms with Crippen molar-refractivity contribution in [3.8, 4) is 0 Å². The van der Waals surface area contributed by atoms with E-state index in [0.29, 0.717) is 0 Å². The average molecular weight is 715 g/mol. The molecule has 2 nitrogen and oxygen atoms in total. The summed E-state index contributed by atoms with van der Waals surface area (Å²) in [5.41, 5.74) is 25.4. The SMILES string of the molecule is CCCCCc1cc(Cc2ccc(N)cc2)ccc1CCCCCCCCCCCCCCCc1ccc(Cc2ccc(N)cc2)cc1CCCCC. The number of nitrogens with two attached hydrogens (primary N) is 2. The van der Waals surface area contributed by atoms with Crippen molar-refractivity contribution in [3.05, 3.63) is 129 Å². The number of nitrogen functional groups attached to an aromatic ring is 2. The Morgan fingerprint density at radius 3 is 0.925 bits per heavy atom. The molecule has 0 spiro atoms. The quantitative estimate of drug-likeness (QED) is 0.0454. The van der Waals surface area contributed by atoms with Crippen molar-refractivity contribution in [2.45, 2.75) is 174 Å². The molecule has 4 N–H and O–H groups in total. The first-order valence-corrected chi connectivity index (χ1v) is 21.9. The fraction of sp³-hybridized carbons (Fsp3) is 0.529. The molecule has 4 rings (SSSR count). The summed E-state index contributed by atoms with van der Waals surface area (Å²) >= 11 is 0. The van der Waals surface area contributed by atoms with Crippen LogP contribution < -0.4 is 11.5 Å². The van der Waals surface area contributed by atoms with Crippen molar-refractivity contribution in [1.82, 2.24) is 0 Å². The Bertz CT molecular complexity index is 1420. The van der Waals surface area contributed by atoms with E-state index < -0.39 is 0 Å². The van der Waals surface area contributed by atoms with Gasteiger partial charge in [0.25, 0.3) is 0 Å². The number of rotatable bonds is 28. The Labute approximate surface area is 325 Å². The van der Waals surface area contributed by atoms with Gasteiger partial charge < -0.3 is 11.5 Å². The molecule has 0 aliphatic rings. The van der Waals surface area contributed by atoms with E-state index in [1.807, 2.05) is 24.3 Å². The van der Waals surface area contributed by atoms with Gasteiger partial charge >= 0.3 is 0 Å². The van der Waals surface area contributed by atoms with Crippen LogP contribution in [-0.4, -0.2) is 0 Å². The van der Waals surface area contributed by atoms with Gasteiger partial charge in [-0.3, -0.25) is 0 Å². The summed E-state index contributed by atoms with van der Waals surface area (Å²) in [6.45, 7) is 4.61. The van der Waals surface area contributed by atoms with Gasteiger partial charge in [0, 0.05) is 11.4 Å². The monoisotopic (exact) mass is 715 g/mol. The highest BCUT2D eigenvalue weighted by Gasteiger charge is 2.08. The lowest BCUT2D eigenvalue weighted by Gasteiger charge is -2.13. The first kappa shape index (κ1) is 42.2. The van der Waals surface area contributed by atoms with Crippen LogP contribution in [0.2, 0.25) is 0 Å². The normalized spacial score (nSPS) is 11.4. The standard InChI is InChI=1S/C51H74N2/c1-3-5-18-24-48-40-44(38-42-28-34-50(52)35-29-42)26-32-46(48)22-20-16-14-12-10-8-7-9-11-13-15-17-21-23-47-33-27-45(41-49(47)25-19-6-4-2)39-43-30-36-51(53)37-31-43/h26-37,40-41H,3-25,38-39,52-53H2,1-2H3. The third kappa shape index (κ3) is 17.0. The molecular formula is C51H74N2. The second-order valence-electron chi connectivity index (χ2n) is 16.1. The summed E-state index contributed by atoms with van der Waals surface area (Å²) in [7, 11) is 0. The molecule has 2 heteroatoms. The van der Waals surface area contributed by atoms with Crippen LogP contribution in [0.4, 0.5) is 11.4 Å². The predicted octanol–water partition coefficient (Wildman–Crippen LogP) is 14.4. The molecule has 0 aromatic heterocycles. The van der Waals surface area contributed by atoms with Gasteiger partial charge in [-0.15, -0.1) is 0 Å². The van der Waals surface area contributed by atoms with Crippen LogP contribution >= 0.6 is 0 Å². The number of anilines is 2. The van der Waals surface area contributed by atoms with E-state index in [0.717, 1.165) is 24.2 Å². The maximum atomic E-state index is 5.90. The number of aryl methyl sites for hydroxylation is 4. The van der Waals surface area contributed by atoms with E-state index in [1.165, 1.54) is 170 Å². The second kappa shape index (κ2) is 25.5. The van der Waals surface area contributed by atoms with E-state index >= 15 is 0 Å². The van der Waals surface area contributed by atoms with E-state index in [2.05, 4.69) is 74.5 Å². The zero-order valence-corrected chi connectivity index (χ0v) is 33.9. The Kier molecular flexibility index (Phi) is 20.3. The Hall–Kier alpha value is -3.52. The van der Waals surface area contributed by atoms with Crippen molar-refractivity contribution in [3.63, 3.8) is 0 Å². The number of benzene rings is 4. The largest absolute Gasteiger partial charge is 0.399 e. The van der Waals surface area contributed by atoms with E-state index in [9.17, 15) is 0 Å². The highest BCUT2D eigenvalue weighted by molar-refractivity contribution is 5.43. The van der Waals surface area contributed by atoms with Crippen LogP contribution in [-0.2, 0) is 38.5 Å². The van der Waals surface area contributed by atoms with Crippen LogP contribution in [0.1, 0.15) is 180 Å². The topological polar surface area (TPSA) is 52.0 Å². The van der Waals surface area contributed by atoms with Gasteiger partial charge in [-0.1, -0.05) is 171 Å². The van der Waals surface area contributed by atoms with Gasteiger partial charge in [-0.05, 0) is 133 Å². The summed E-state index contributed by atoms with van der Waals surface area (Å²) in [4.78, 5) is 0. The lowest BCUT2D eigenvalue weighted by atomic mass is 9.93. The van der Waals surface area contributed by atoms with Crippen molar-refractivity contribution < 1.29 is 0 Å². The molecule has 0 aliphatic carbocycles. The molecule has 0 saturated carbocycles. The van der Waals surface area contributed by atoms with Crippen LogP contribution in [0.15, 0.2) is 84.9 Å². The smallest absolute Gasteiger partial charge is 0.0314 e. The molecule has 0 radical (unpaired) electrons. The summed E-state index contributed by atoms with van der Waals surface area (Å²) in [5.74, 6) is 0. The van der Waals surface area contributed by atoms with Gasteiger partial charge in [-0.2, -0.15) is 0 Å². The minimum Gasteiger partial charge on any atom is -0.399 e. The van der Waals surface area contributed by atoms with Gasteiger partial charge in [0.15, 0.2) is 0 Å². The highest BCUT2D eigenvalue weighted by Crippen LogP contribution is 2.23. The summed E-state index contributed by atoms with van der Waals surface area (Å²) in [6, 6.07) is 31.3. The zero-order valence-electron chi connectivity index (χ0n) is 33.9. The second-order valence-corrected chi connectivity index (χ2v) is 16.1. The molecule has 0 fully saturated rings. The maximum absolute atomic E-state index is 5.90. The summed E-state index contributed by atoms with van der Waals surface area (Å²) in [5, 5.41) is 0. The fourth-order valence-electron chi connectivity index (χ4n) is 7.98. The lowest BCUT2D eigenvalue weighted by Crippen LogP contribution is -1.99. The number of hydrogen-bond donors (Lipinski definition) is 2. The van der Waals surface area contributed by atoms with Crippen LogP contribution in [0, 0.1) is 0 Å². The third-order valence-corrected chi connectivity index (χ3v) is 11.3. The molecular weight excluding hydrogens is 641 g/mol. The number of hydrogen-bond acceptors (Lipinski definition) is 2. The molecule has 0 heterocycles. The molecule has 0 aliphatic heterocycles. The van der Waals surface area contributed by atoms with Gasteiger partial charge in [0.1, 0.15) is 0 Å². The van der Waals surface area contributed by atoms with E-state index in [-0.39, 0.29) is 0 Å². The van der Waals surface area contributed by atoms with Gasteiger partial charge in [0.05, 0.1) is 0 Å². The van der Waals surface area contributed by atoms with Crippen LogP contribution in [0.5, 0.6) is 0 Å². The molecule has 0 atom stereocenters. The lowest BCUT2D eigenvalue weighted by molar-refractivity contribution is 0.536. The predicted molar refractivity (Wildman–Crippen MR) is 234 cm³/mol. The summed E-state index contributed by atoms with van der Waals surface area (Å²) in [6.07, 6.45) is 32.8. The fourth-order valence-corrected chi connectivity index (χ4v) is 7.98. The molecule has 0 bridgehead atoms. The molecule has 0 amide bonds. The molecule has 0 saturated heterocycles. The zero-order chi connectivity index (χ0) is 37.4. The molecule has 4 aromatic carbocycles. The first-order chi connectivity index (χ1) is 26.0.